The van der Waals surface area contributed by atoms with Crippen molar-refractivity contribution in [3.63, 3.8) is 0 Å². The van der Waals surface area contributed by atoms with E-state index in [4.69, 9.17) is 20.9 Å². The van der Waals surface area contributed by atoms with E-state index in [1.807, 2.05) is 0 Å². The maximum Gasteiger partial charge on any atom is 0.231 e. The first-order valence-corrected chi connectivity index (χ1v) is 7.81. The maximum absolute atomic E-state index is 12.0. The smallest absolute Gasteiger partial charge is 0.231 e. The number of hydrogen-bond acceptors (Lipinski definition) is 8. The monoisotopic (exact) mass is 333 g/mol. The number of rotatable bonds is 5. The zero-order chi connectivity index (χ0) is 16.2. The van der Waals surface area contributed by atoms with Crippen LogP contribution in [0, 0.1) is 0 Å². The summed E-state index contributed by atoms with van der Waals surface area (Å²) in [5, 5.41) is 3.26. The van der Waals surface area contributed by atoms with Crippen LogP contribution in [0.4, 0.5) is 17.3 Å². The van der Waals surface area contributed by atoms with E-state index in [1.165, 1.54) is 17.8 Å². The minimum Gasteiger partial charge on any atom is -0.454 e. The number of thioether (sulfide) groups is 1. The molecule has 1 aliphatic rings. The summed E-state index contributed by atoms with van der Waals surface area (Å²) >= 11 is 1.32. The molecule has 2 heterocycles. The third kappa shape index (κ3) is 3.95. The van der Waals surface area contributed by atoms with Crippen LogP contribution < -0.4 is 26.3 Å². The van der Waals surface area contributed by atoms with Crippen LogP contribution in [0.2, 0.25) is 0 Å². The first-order valence-electron chi connectivity index (χ1n) is 6.82. The van der Waals surface area contributed by atoms with Crippen molar-refractivity contribution in [2.24, 2.45) is 0 Å². The molecule has 5 N–H and O–H groups in total. The molecule has 0 bridgehead atoms. The average Bonchev–Trinajstić information content (AvgIpc) is 2.93. The highest BCUT2D eigenvalue weighted by atomic mass is 32.2. The Kier molecular flexibility index (Phi) is 4.38. The van der Waals surface area contributed by atoms with Gasteiger partial charge in [0.05, 0.1) is 0 Å². The van der Waals surface area contributed by atoms with Crippen molar-refractivity contribution in [1.82, 2.24) is 9.97 Å². The molecule has 3 rings (SSSR count). The van der Waals surface area contributed by atoms with Crippen molar-refractivity contribution in [2.45, 2.75) is 11.6 Å². The molecular weight excluding hydrogens is 318 g/mol. The number of fused-ring (bicyclic) bond motifs is 1. The van der Waals surface area contributed by atoms with Gasteiger partial charge in [-0.3, -0.25) is 4.79 Å². The fourth-order valence-corrected chi connectivity index (χ4v) is 2.77. The molecular formula is C14H15N5O3S. The Morgan fingerprint density at radius 3 is 2.70 bits per heavy atom. The Morgan fingerprint density at radius 1 is 1.17 bits per heavy atom. The molecule has 0 atom stereocenters. The minimum atomic E-state index is -0.117. The van der Waals surface area contributed by atoms with Gasteiger partial charge in [0.15, 0.2) is 16.7 Å². The number of nitrogens with zero attached hydrogens (tertiary/aromatic N) is 2. The second-order valence-corrected chi connectivity index (χ2v) is 5.78. The van der Waals surface area contributed by atoms with Crippen molar-refractivity contribution in [3.8, 4) is 11.5 Å². The van der Waals surface area contributed by atoms with Gasteiger partial charge in [0.1, 0.15) is 11.6 Å². The molecule has 1 aromatic carbocycles. The van der Waals surface area contributed by atoms with E-state index in [0.717, 1.165) is 0 Å². The summed E-state index contributed by atoms with van der Waals surface area (Å²) in [5.74, 6) is 2.32. The van der Waals surface area contributed by atoms with Gasteiger partial charge in [-0.05, 0) is 12.1 Å². The van der Waals surface area contributed by atoms with Crippen LogP contribution in [0.3, 0.4) is 0 Å². The van der Waals surface area contributed by atoms with Gasteiger partial charge in [0, 0.05) is 30.0 Å². The second-order valence-electron chi connectivity index (χ2n) is 4.71. The second kappa shape index (κ2) is 6.61. The largest absolute Gasteiger partial charge is 0.454 e. The van der Waals surface area contributed by atoms with E-state index in [0.29, 0.717) is 46.2 Å². The topological polar surface area (TPSA) is 125 Å². The third-order valence-electron chi connectivity index (χ3n) is 2.96. The molecule has 0 aliphatic carbocycles. The number of hydrogen-bond donors (Lipinski definition) is 3. The molecule has 120 valence electrons. The van der Waals surface area contributed by atoms with E-state index < -0.39 is 0 Å². The van der Waals surface area contributed by atoms with E-state index in [-0.39, 0.29) is 12.7 Å². The van der Waals surface area contributed by atoms with Crippen molar-refractivity contribution in [1.29, 1.82) is 0 Å². The predicted octanol–water partition coefficient (Wildman–Crippen LogP) is 1.49. The number of carbonyl (C=O) groups is 1. The molecule has 2 aromatic rings. The number of amides is 1. The van der Waals surface area contributed by atoms with E-state index in [2.05, 4.69) is 15.3 Å². The van der Waals surface area contributed by atoms with Crippen LogP contribution in [-0.4, -0.2) is 28.4 Å². The van der Waals surface area contributed by atoms with Crippen LogP contribution in [0.1, 0.15) is 6.42 Å². The minimum absolute atomic E-state index is 0.117. The Bertz CT molecular complexity index is 720. The summed E-state index contributed by atoms with van der Waals surface area (Å²) in [4.78, 5) is 20.0. The zero-order valence-corrected chi connectivity index (χ0v) is 12.9. The maximum atomic E-state index is 12.0. The first-order chi connectivity index (χ1) is 11.1. The number of aromatic nitrogens is 2. The first kappa shape index (κ1) is 15.2. The van der Waals surface area contributed by atoms with Crippen molar-refractivity contribution in [3.05, 3.63) is 24.3 Å². The van der Waals surface area contributed by atoms with Gasteiger partial charge in [-0.1, -0.05) is 11.8 Å². The molecule has 0 fully saturated rings. The lowest BCUT2D eigenvalue weighted by atomic mass is 10.2. The number of ether oxygens (including phenoxy) is 2. The number of nitrogens with one attached hydrogen (secondary N) is 1. The Hall–Kier alpha value is -2.68. The molecule has 0 spiro atoms. The lowest BCUT2D eigenvalue weighted by Gasteiger charge is -2.06. The van der Waals surface area contributed by atoms with E-state index in [9.17, 15) is 4.79 Å². The van der Waals surface area contributed by atoms with Crippen LogP contribution in [0.5, 0.6) is 11.5 Å². The fraction of sp³-hybridized carbons (Fsp3) is 0.214. The number of nitrogen functional groups attached to an aromatic ring is 2. The van der Waals surface area contributed by atoms with Gasteiger partial charge in [-0.15, -0.1) is 0 Å². The van der Waals surface area contributed by atoms with Crippen molar-refractivity contribution in [2.75, 3.05) is 29.3 Å². The van der Waals surface area contributed by atoms with Crippen molar-refractivity contribution >= 4 is 35.0 Å². The molecule has 9 heteroatoms. The number of nitrogens with two attached hydrogens (primary N) is 2. The average molecular weight is 333 g/mol. The number of anilines is 3. The van der Waals surface area contributed by atoms with Gasteiger partial charge in [-0.25, -0.2) is 9.97 Å². The Labute approximate surface area is 136 Å². The summed E-state index contributed by atoms with van der Waals surface area (Å²) in [6.45, 7) is 0.201. The van der Waals surface area contributed by atoms with E-state index >= 15 is 0 Å². The standard InChI is InChI=1S/C14H15N5O3S/c15-11-6-12(16)19-14(18-11)23-4-3-13(20)17-8-1-2-9-10(5-8)22-7-21-9/h1-2,5-6H,3-4,7H2,(H,17,20)(H4,15,16,18,19). The van der Waals surface area contributed by atoms with Crippen LogP contribution in [0.15, 0.2) is 29.4 Å². The molecule has 1 aliphatic heterocycles. The molecule has 8 nitrogen and oxygen atoms in total. The molecule has 0 radical (unpaired) electrons. The van der Waals surface area contributed by atoms with Crippen LogP contribution in [0.25, 0.3) is 0 Å². The molecule has 23 heavy (non-hydrogen) atoms. The van der Waals surface area contributed by atoms with Gasteiger partial charge in [0.2, 0.25) is 12.7 Å². The highest BCUT2D eigenvalue weighted by Gasteiger charge is 2.14. The quantitative estimate of drug-likeness (QED) is 0.555. The fourth-order valence-electron chi connectivity index (χ4n) is 1.96. The normalized spacial score (nSPS) is 12.2. The molecule has 1 aromatic heterocycles. The SMILES string of the molecule is Nc1cc(N)nc(SCCC(=O)Nc2ccc3c(c2)OCO3)n1. The Morgan fingerprint density at radius 2 is 1.91 bits per heavy atom. The summed E-state index contributed by atoms with van der Waals surface area (Å²) in [6.07, 6.45) is 0.303. The third-order valence-corrected chi connectivity index (χ3v) is 3.81. The molecule has 0 saturated heterocycles. The summed E-state index contributed by atoms with van der Waals surface area (Å²) in [6, 6.07) is 6.74. The van der Waals surface area contributed by atoms with Crippen LogP contribution in [-0.2, 0) is 4.79 Å². The predicted molar refractivity (Wildman–Crippen MR) is 87.4 cm³/mol. The molecule has 0 unspecified atom stereocenters. The van der Waals surface area contributed by atoms with Gasteiger partial charge < -0.3 is 26.3 Å². The zero-order valence-electron chi connectivity index (χ0n) is 12.1. The number of benzene rings is 1. The Balaban J connectivity index is 1.50. The molecule has 0 saturated carbocycles. The lowest BCUT2D eigenvalue weighted by molar-refractivity contribution is -0.115. The van der Waals surface area contributed by atoms with Crippen LogP contribution >= 0.6 is 11.8 Å². The number of carbonyl (C=O) groups excluding carboxylic acids is 1. The highest BCUT2D eigenvalue weighted by Crippen LogP contribution is 2.34. The summed E-state index contributed by atoms with van der Waals surface area (Å²) in [7, 11) is 0. The van der Waals surface area contributed by atoms with Gasteiger partial charge in [-0.2, -0.15) is 0 Å². The van der Waals surface area contributed by atoms with Crippen molar-refractivity contribution < 1.29 is 14.3 Å². The molecule has 1 amide bonds. The summed E-state index contributed by atoms with van der Waals surface area (Å²) in [5.41, 5.74) is 11.8. The van der Waals surface area contributed by atoms with Gasteiger partial charge in [0.25, 0.3) is 0 Å². The van der Waals surface area contributed by atoms with Gasteiger partial charge >= 0.3 is 0 Å². The summed E-state index contributed by atoms with van der Waals surface area (Å²) < 4.78 is 10.5. The highest BCUT2D eigenvalue weighted by molar-refractivity contribution is 7.99. The van der Waals surface area contributed by atoms with E-state index in [1.54, 1.807) is 18.2 Å². The lowest BCUT2D eigenvalue weighted by Crippen LogP contribution is -2.12.